The van der Waals surface area contributed by atoms with Gasteiger partial charge in [0.05, 0.1) is 11.0 Å². The lowest BCUT2D eigenvalue weighted by Gasteiger charge is -2.45. The Balaban J connectivity index is 1.09. The van der Waals surface area contributed by atoms with Crippen molar-refractivity contribution in [1.29, 1.82) is 0 Å². The number of aryl methyl sites for hydroxylation is 1. The van der Waals surface area contributed by atoms with E-state index in [1.54, 1.807) is 0 Å². The van der Waals surface area contributed by atoms with Crippen LogP contribution in [-0.2, 0) is 10.2 Å². The summed E-state index contributed by atoms with van der Waals surface area (Å²) in [7, 11) is 0. The summed E-state index contributed by atoms with van der Waals surface area (Å²) in [5.41, 5.74) is 3.17. The number of hydrogen-bond donors (Lipinski definition) is 0. The van der Waals surface area contributed by atoms with Crippen molar-refractivity contribution in [2.45, 2.75) is 102 Å². The highest BCUT2D eigenvalue weighted by Gasteiger charge is 2.44. The first-order chi connectivity index (χ1) is 20.2. The van der Waals surface area contributed by atoms with Crippen LogP contribution in [-0.4, -0.2) is 69.6 Å². The second-order valence-electron chi connectivity index (χ2n) is 13.8. The second kappa shape index (κ2) is 10.5. The number of imidazole rings is 1. The fraction of sp³-hybridized carbons (Fsp3) is 0.588. The van der Waals surface area contributed by atoms with Crippen LogP contribution in [0, 0.1) is 6.92 Å². The summed E-state index contributed by atoms with van der Waals surface area (Å²) < 4.78 is 19.6. The van der Waals surface area contributed by atoms with E-state index in [1.807, 2.05) is 25.7 Å². The zero-order chi connectivity index (χ0) is 29.1. The van der Waals surface area contributed by atoms with Gasteiger partial charge >= 0.3 is 6.09 Å². The van der Waals surface area contributed by atoms with E-state index in [0.29, 0.717) is 31.2 Å². The van der Waals surface area contributed by atoms with Crippen LogP contribution in [0.15, 0.2) is 42.5 Å². The van der Waals surface area contributed by atoms with E-state index in [0.717, 1.165) is 48.6 Å². The molecule has 2 atom stereocenters. The summed E-state index contributed by atoms with van der Waals surface area (Å²) in [4.78, 5) is 22.5. The third-order valence-corrected chi connectivity index (χ3v) is 10.2. The quantitative estimate of drug-likeness (QED) is 0.343. The largest absolute Gasteiger partial charge is 0.454 e. The lowest BCUT2D eigenvalue weighted by Crippen LogP contribution is -2.49. The van der Waals surface area contributed by atoms with Gasteiger partial charge in [0.15, 0.2) is 11.5 Å². The number of aromatic nitrogens is 2. The maximum atomic E-state index is 12.9. The fourth-order valence-corrected chi connectivity index (χ4v) is 8.14. The number of ether oxygens (including phenoxy) is 3. The number of carbonyl (C=O) groups excluding carboxylic acids is 1. The van der Waals surface area contributed by atoms with Crippen LogP contribution in [0.25, 0.3) is 11.0 Å². The normalized spacial score (nSPS) is 25.2. The lowest BCUT2D eigenvalue weighted by atomic mass is 9.70. The number of amides is 1. The molecular weight excluding hydrogens is 528 g/mol. The van der Waals surface area contributed by atoms with E-state index in [2.05, 4.69) is 58.9 Å². The number of para-hydroxylation sites is 2. The van der Waals surface area contributed by atoms with Gasteiger partial charge in [0.25, 0.3) is 0 Å². The molecule has 4 aliphatic heterocycles. The van der Waals surface area contributed by atoms with Gasteiger partial charge in [-0.1, -0.05) is 18.2 Å². The summed E-state index contributed by atoms with van der Waals surface area (Å²) in [6.45, 7) is 10.7. The van der Waals surface area contributed by atoms with Crippen molar-refractivity contribution >= 4 is 17.1 Å². The van der Waals surface area contributed by atoms with Crippen LogP contribution in [0.1, 0.15) is 83.1 Å². The standard InChI is InChI=1S/C34H44N4O4/c1-23-35-28-7-5-6-8-29(28)38(23)27-20-25-10-11-26(21-27)37(25)18-15-34(24-9-12-30-31(19-24)41-22-40-30)13-16-36(17-14-34)32(39)42-33(2,3)4/h5-9,12,19,25-27H,10-11,13-18,20-22H2,1-4H3. The maximum Gasteiger partial charge on any atom is 0.410 e. The molecule has 3 fully saturated rings. The molecule has 3 saturated heterocycles. The van der Waals surface area contributed by atoms with Crippen molar-refractivity contribution in [3.05, 3.63) is 53.9 Å². The first-order valence-corrected chi connectivity index (χ1v) is 15.8. The Morgan fingerprint density at radius 1 is 1.00 bits per heavy atom. The molecule has 0 radical (unpaired) electrons. The first-order valence-electron chi connectivity index (χ1n) is 15.8. The van der Waals surface area contributed by atoms with E-state index < -0.39 is 5.60 Å². The molecule has 0 aliphatic carbocycles. The summed E-state index contributed by atoms with van der Waals surface area (Å²) in [6, 6.07) is 16.8. The molecule has 8 heteroatoms. The average molecular weight is 573 g/mol. The number of carbonyl (C=O) groups is 1. The molecule has 0 spiro atoms. The summed E-state index contributed by atoms with van der Waals surface area (Å²) in [5, 5.41) is 0. The van der Waals surface area contributed by atoms with Crippen molar-refractivity contribution < 1.29 is 19.0 Å². The van der Waals surface area contributed by atoms with E-state index in [-0.39, 0.29) is 18.3 Å². The summed E-state index contributed by atoms with van der Waals surface area (Å²) in [5.74, 6) is 2.79. The zero-order valence-electron chi connectivity index (χ0n) is 25.5. The molecule has 2 aromatic carbocycles. The van der Waals surface area contributed by atoms with Crippen LogP contribution in [0.4, 0.5) is 4.79 Å². The SMILES string of the molecule is Cc1nc2ccccc2n1C1CC2CCC(C1)N2CCC1(c2ccc3c(c2)OCO3)CCN(C(=O)OC(C)(C)C)CC1. The van der Waals surface area contributed by atoms with Crippen LogP contribution in [0.5, 0.6) is 11.5 Å². The number of nitrogens with zero attached hydrogens (tertiary/aromatic N) is 4. The highest BCUT2D eigenvalue weighted by molar-refractivity contribution is 5.76. The minimum absolute atomic E-state index is 0.0209. The van der Waals surface area contributed by atoms with Gasteiger partial charge in [-0.25, -0.2) is 9.78 Å². The van der Waals surface area contributed by atoms with Gasteiger partial charge in [-0.3, -0.25) is 4.90 Å². The van der Waals surface area contributed by atoms with E-state index in [1.165, 1.54) is 36.8 Å². The monoisotopic (exact) mass is 572 g/mol. The van der Waals surface area contributed by atoms with Gasteiger partial charge in [-0.2, -0.15) is 0 Å². The number of likely N-dealkylation sites (tertiary alicyclic amines) is 1. The highest BCUT2D eigenvalue weighted by atomic mass is 16.7. The molecule has 7 rings (SSSR count). The van der Waals surface area contributed by atoms with Gasteiger partial charge < -0.3 is 23.7 Å². The molecule has 2 bridgehead atoms. The molecule has 8 nitrogen and oxygen atoms in total. The van der Waals surface area contributed by atoms with Crippen LogP contribution in [0.2, 0.25) is 0 Å². The Morgan fingerprint density at radius 2 is 1.71 bits per heavy atom. The van der Waals surface area contributed by atoms with Crippen LogP contribution in [0.3, 0.4) is 0 Å². The van der Waals surface area contributed by atoms with Crippen LogP contribution < -0.4 is 9.47 Å². The third kappa shape index (κ3) is 5.01. The minimum Gasteiger partial charge on any atom is -0.454 e. The van der Waals surface area contributed by atoms with Crippen molar-refractivity contribution in [3.8, 4) is 11.5 Å². The van der Waals surface area contributed by atoms with E-state index >= 15 is 0 Å². The van der Waals surface area contributed by atoms with Crippen molar-refractivity contribution in [3.63, 3.8) is 0 Å². The number of fused-ring (bicyclic) bond motifs is 4. The predicted molar refractivity (Wildman–Crippen MR) is 162 cm³/mol. The van der Waals surface area contributed by atoms with Crippen LogP contribution >= 0.6 is 0 Å². The molecular formula is C34H44N4O4. The molecule has 1 amide bonds. The lowest BCUT2D eigenvalue weighted by molar-refractivity contribution is 0.0143. The topological polar surface area (TPSA) is 69.1 Å². The average Bonchev–Trinajstić information content (AvgIpc) is 3.63. The molecule has 1 aromatic heterocycles. The number of rotatable bonds is 5. The summed E-state index contributed by atoms with van der Waals surface area (Å²) >= 11 is 0. The molecule has 4 aliphatic rings. The number of hydrogen-bond acceptors (Lipinski definition) is 6. The molecule has 3 aromatic rings. The Kier molecular flexibility index (Phi) is 6.87. The van der Waals surface area contributed by atoms with E-state index in [4.69, 9.17) is 19.2 Å². The predicted octanol–water partition coefficient (Wildman–Crippen LogP) is 6.60. The zero-order valence-corrected chi connectivity index (χ0v) is 25.5. The van der Waals surface area contributed by atoms with Gasteiger partial charge in [0.2, 0.25) is 6.79 Å². The Labute approximate surface area is 248 Å². The Hall–Kier alpha value is -3.26. The molecule has 0 N–H and O–H groups in total. The van der Waals surface area contributed by atoms with Gasteiger partial charge in [-0.05, 0) is 109 Å². The van der Waals surface area contributed by atoms with E-state index in [9.17, 15) is 4.79 Å². The van der Waals surface area contributed by atoms with Gasteiger partial charge in [0.1, 0.15) is 11.4 Å². The number of piperidine rings is 2. The van der Waals surface area contributed by atoms with Crippen molar-refractivity contribution in [2.75, 3.05) is 26.4 Å². The molecule has 224 valence electrons. The highest BCUT2D eigenvalue weighted by Crippen LogP contribution is 2.46. The molecule has 2 unspecified atom stereocenters. The minimum atomic E-state index is -0.490. The van der Waals surface area contributed by atoms with Crippen molar-refractivity contribution in [2.24, 2.45) is 0 Å². The number of benzene rings is 2. The Bertz CT molecular complexity index is 1450. The van der Waals surface area contributed by atoms with Gasteiger partial charge in [-0.15, -0.1) is 0 Å². The van der Waals surface area contributed by atoms with Gasteiger partial charge in [0, 0.05) is 36.6 Å². The molecule has 42 heavy (non-hydrogen) atoms. The first kappa shape index (κ1) is 27.6. The summed E-state index contributed by atoms with van der Waals surface area (Å²) in [6.07, 6.45) is 7.61. The smallest absolute Gasteiger partial charge is 0.410 e. The maximum absolute atomic E-state index is 12.9. The molecule has 0 saturated carbocycles. The molecule has 5 heterocycles. The second-order valence-corrected chi connectivity index (χ2v) is 13.8. The fourth-order valence-electron chi connectivity index (χ4n) is 8.14. The Morgan fingerprint density at radius 3 is 2.45 bits per heavy atom. The third-order valence-electron chi connectivity index (χ3n) is 10.2. The van der Waals surface area contributed by atoms with Crippen molar-refractivity contribution in [1.82, 2.24) is 19.4 Å².